The lowest BCUT2D eigenvalue weighted by Crippen LogP contribution is -2.47. The smallest absolute Gasteiger partial charge is 0.408 e. The molecule has 1 aromatic rings. The van der Waals surface area contributed by atoms with Crippen molar-refractivity contribution in [1.82, 2.24) is 10.3 Å². The third-order valence-electron chi connectivity index (χ3n) is 2.71. The number of aromatic nitrogens is 1. The van der Waals surface area contributed by atoms with Crippen molar-refractivity contribution in [1.29, 1.82) is 0 Å². The van der Waals surface area contributed by atoms with Gasteiger partial charge in [-0.2, -0.15) is 0 Å². The summed E-state index contributed by atoms with van der Waals surface area (Å²) in [5, 5.41) is 5.45. The second-order valence-electron chi connectivity index (χ2n) is 6.90. The first kappa shape index (κ1) is 17.9. The minimum atomic E-state index is -0.727. The Morgan fingerprint density at radius 2 is 1.86 bits per heavy atom. The largest absolute Gasteiger partial charge is 0.444 e. The van der Waals surface area contributed by atoms with Crippen molar-refractivity contribution < 1.29 is 14.3 Å². The van der Waals surface area contributed by atoms with E-state index in [9.17, 15) is 9.59 Å². The number of alkyl carbamates (subject to hydrolysis) is 1. The number of nitrogens with one attached hydrogen (secondary N) is 2. The highest BCUT2D eigenvalue weighted by Crippen LogP contribution is 2.15. The minimum Gasteiger partial charge on any atom is -0.444 e. The van der Waals surface area contributed by atoms with E-state index in [4.69, 9.17) is 4.74 Å². The van der Waals surface area contributed by atoms with Crippen molar-refractivity contribution in [2.24, 2.45) is 0 Å². The number of amides is 2. The maximum atomic E-state index is 12.1. The molecule has 0 saturated heterocycles. The average Bonchev–Trinajstić information content (AvgIpc) is 2.27. The van der Waals surface area contributed by atoms with Gasteiger partial charge in [0.15, 0.2) is 0 Å². The van der Waals surface area contributed by atoms with E-state index in [1.54, 1.807) is 46.9 Å². The highest BCUT2D eigenvalue weighted by Gasteiger charge is 2.27. The maximum Gasteiger partial charge on any atom is 0.408 e. The number of anilines is 1. The number of nitrogens with zero attached hydrogens (tertiary/aromatic N) is 1. The van der Waals surface area contributed by atoms with Crippen LogP contribution in [0.5, 0.6) is 0 Å². The van der Waals surface area contributed by atoms with Gasteiger partial charge >= 0.3 is 6.09 Å². The van der Waals surface area contributed by atoms with Crippen molar-refractivity contribution >= 4 is 17.8 Å². The van der Waals surface area contributed by atoms with Gasteiger partial charge in [-0.1, -0.05) is 6.07 Å². The fourth-order valence-corrected chi connectivity index (χ4v) is 1.82. The van der Waals surface area contributed by atoms with Crippen molar-refractivity contribution in [2.75, 3.05) is 5.32 Å². The van der Waals surface area contributed by atoms with Crippen molar-refractivity contribution in [2.45, 2.75) is 59.1 Å². The van der Waals surface area contributed by atoms with Gasteiger partial charge < -0.3 is 15.4 Å². The number of aryl methyl sites for hydroxylation is 1. The molecule has 122 valence electrons. The van der Waals surface area contributed by atoms with Crippen molar-refractivity contribution in [3.05, 3.63) is 23.9 Å². The third kappa shape index (κ3) is 6.56. The predicted molar refractivity (Wildman–Crippen MR) is 85.7 cm³/mol. The Bertz CT molecular complexity index is 548. The predicted octanol–water partition coefficient (Wildman–Crippen LogP) is 3.02. The van der Waals surface area contributed by atoms with Crippen LogP contribution in [0.4, 0.5) is 10.6 Å². The zero-order valence-electron chi connectivity index (χ0n) is 14.1. The molecule has 0 radical (unpaired) electrons. The van der Waals surface area contributed by atoms with Crippen LogP contribution in [0, 0.1) is 6.92 Å². The molecule has 0 saturated carbocycles. The van der Waals surface area contributed by atoms with Crippen LogP contribution >= 0.6 is 0 Å². The van der Waals surface area contributed by atoms with E-state index in [0.29, 0.717) is 5.82 Å². The topological polar surface area (TPSA) is 80.3 Å². The Hall–Kier alpha value is -2.11. The van der Waals surface area contributed by atoms with Gasteiger partial charge in [0.2, 0.25) is 5.91 Å². The van der Waals surface area contributed by atoms with E-state index in [1.807, 2.05) is 13.0 Å². The quantitative estimate of drug-likeness (QED) is 0.896. The van der Waals surface area contributed by atoms with Gasteiger partial charge in [-0.25, -0.2) is 9.78 Å². The monoisotopic (exact) mass is 307 g/mol. The Balaban J connectivity index is 2.58. The molecule has 0 aliphatic heterocycles. The highest BCUT2D eigenvalue weighted by atomic mass is 16.6. The van der Waals surface area contributed by atoms with Gasteiger partial charge in [0, 0.05) is 18.2 Å². The van der Waals surface area contributed by atoms with E-state index >= 15 is 0 Å². The van der Waals surface area contributed by atoms with Crippen LogP contribution in [0.25, 0.3) is 0 Å². The zero-order chi connectivity index (χ0) is 17.0. The molecule has 1 aromatic heterocycles. The Labute approximate surface area is 131 Å². The molecule has 0 bridgehead atoms. The first-order chi connectivity index (χ1) is 9.98. The maximum absolute atomic E-state index is 12.1. The number of pyridine rings is 1. The fraction of sp³-hybridized carbons (Fsp3) is 0.562. The van der Waals surface area contributed by atoms with Gasteiger partial charge in [-0.3, -0.25) is 4.79 Å². The second kappa shape index (κ2) is 6.77. The molecule has 0 spiro atoms. The van der Waals surface area contributed by atoms with Gasteiger partial charge in [0.05, 0.1) is 0 Å². The normalized spacial score (nSPS) is 11.7. The number of hydrogen-bond acceptors (Lipinski definition) is 4. The van der Waals surface area contributed by atoms with Crippen molar-refractivity contribution in [3.63, 3.8) is 0 Å². The molecule has 0 unspecified atom stereocenters. The molecule has 0 aromatic carbocycles. The van der Waals surface area contributed by atoms with E-state index in [2.05, 4.69) is 15.6 Å². The van der Waals surface area contributed by atoms with E-state index in [1.165, 1.54) is 0 Å². The summed E-state index contributed by atoms with van der Waals surface area (Å²) >= 11 is 0. The fourth-order valence-electron chi connectivity index (χ4n) is 1.82. The van der Waals surface area contributed by atoms with Crippen molar-refractivity contribution in [3.8, 4) is 0 Å². The molecule has 22 heavy (non-hydrogen) atoms. The number of ether oxygens (including phenoxy) is 1. The summed E-state index contributed by atoms with van der Waals surface area (Å²) in [6.45, 7) is 10.8. The number of rotatable bonds is 4. The summed E-state index contributed by atoms with van der Waals surface area (Å²) in [6, 6.07) is 3.67. The summed E-state index contributed by atoms with van der Waals surface area (Å²) < 4.78 is 5.20. The number of carbonyl (C=O) groups excluding carboxylic acids is 2. The molecular weight excluding hydrogens is 282 g/mol. The van der Waals surface area contributed by atoms with Crippen LogP contribution in [0.2, 0.25) is 0 Å². The highest BCUT2D eigenvalue weighted by molar-refractivity contribution is 5.91. The Kier molecular flexibility index (Phi) is 5.52. The third-order valence-corrected chi connectivity index (χ3v) is 2.71. The average molecular weight is 307 g/mol. The molecule has 0 atom stereocenters. The minimum absolute atomic E-state index is 0.113. The molecule has 0 aliphatic rings. The molecular formula is C16H25N3O3. The van der Waals surface area contributed by atoms with Crippen LogP contribution in [0.15, 0.2) is 18.3 Å². The van der Waals surface area contributed by atoms with E-state index in [0.717, 1.165) is 5.56 Å². The molecule has 1 heterocycles. The molecule has 0 aliphatic carbocycles. The zero-order valence-corrected chi connectivity index (χ0v) is 14.1. The van der Waals surface area contributed by atoms with Crippen LogP contribution < -0.4 is 10.6 Å². The standard InChI is InChI=1S/C16H25N3O3/c1-11-8-7-9-17-13(11)18-12(20)10-16(5,6)19-14(21)22-15(2,3)4/h7-9H,10H2,1-6H3,(H,19,21)(H,17,18,20). The molecule has 6 nitrogen and oxygen atoms in total. The Morgan fingerprint density at radius 1 is 1.23 bits per heavy atom. The lowest BCUT2D eigenvalue weighted by molar-refractivity contribution is -0.117. The lowest BCUT2D eigenvalue weighted by atomic mass is 10.0. The summed E-state index contributed by atoms with van der Waals surface area (Å²) in [5.74, 6) is 0.309. The number of hydrogen-bond donors (Lipinski definition) is 2. The van der Waals surface area contributed by atoms with E-state index < -0.39 is 17.2 Å². The first-order valence-corrected chi connectivity index (χ1v) is 7.21. The molecule has 1 rings (SSSR count). The Morgan fingerprint density at radius 3 is 2.41 bits per heavy atom. The van der Waals surface area contributed by atoms with Crippen LogP contribution in [0.3, 0.4) is 0 Å². The molecule has 2 amide bonds. The van der Waals surface area contributed by atoms with Crippen LogP contribution in [-0.4, -0.2) is 28.1 Å². The van der Waals surface area contributed by atoms with Crippen LogP contribution in [0.1, 0.15) is 46.6 Å². The summed E-state index contributed by atoms with van der Waals surface area (Å²) in [5.41, 5.74) is -0.420. The molecule has 2 N–H and O–H groups in total. The van der Waals surface area contributed by atoms with Gasteiger partial charge in [-0.15, -0.1) is 0 Å². The number of carbonyl (C=O) groups is 2. The SMILES string of the molecule is Cc1cccnc1NC(=O)CC(C)(C)NC(=O)OC(C)(C)C. The van der Waals surface area contributed by atoms with Gasteiger partial charge in [0.1, 0.15) is 11.4 Å². The van der Waals surface area contributed by atoms with Gasteiger partial charge in [0.25, 0.3) is 0 Å². The summed E-state index contributed by atoms with van der Waals surface area (Å²) in [7, 11) is 0. The summed E-state index contributed by atoms with van der Waals surface area (Å²) in [6.07, 6.45) is 1.19. The molecule has 0 fully saturated rings. The molecule has 6 heteroatoms. The summed E-state index contributed by atoms with van der Waals surface area (Å²) in [4.78, 5) is 28.0. The van der Waals surface area contributed by atoms with E-state index in [-0.39, 0.29) is 12.3 Å². The van der Waals surface area contributed by atoms with Crippen LogP contribution in [-0.2, 0) is 9.53 Å². The second-order valence-corrected chi connectivity index (χ2v) is 6.90. The van der Waals surface area contributed by atoms with Gasteiger partial charge in [-0.05, 0) is 53.2 Å². The first-order valence-electron chi connectivity index (χ1n) is 7.21. The lowest BCUT2D eigenvalue weighted by Gasteiger charge is -2.28.